The summed E-state index contributed by atoms with van der Waals surface area (Å²) in [5.74, 6) is 0.460. The maximum absolute atomic E-state index is 12.0. The first-order chi connectivity index (χ1) is 14.0. The van der Waals surface area contributed by atoms with Crippen LogP contribution in [-0.4, -0.2) is 65.3 Å². The Bertz CT molecular complexity index is 836. The number of hydrogen-bond donors (Lipinski definition) is 3. The molecule has 3 N–H and O–H groups in total. The molecule has 1 amide bonds. The number of fused-ring (bicyclic) bond motifs is 1. The molecule has 0 radical (unpaired) electrons. The van der Waals surface area contributed by atoms with Gasteiger partial charge in [-0.1, -0.05) is 24.3 Å². The number of aliphatic hydroxyl groups is 1. The van der Waals surface area contributed by atoms with Gasteiger partial charge in [0.25, 0.3) is 0 Å². The number of ether oxygens (including phenoxy) is 1. The van der Waals surface area contributed by atoms with Crippen LogP contribution in [-0.2, 0) is 22.4 Å². The zero-order valence-corrected chi connectivity index (χ0v) is 16.5. The number of nitrogens with zero attached hydrogens (tertiary/aromatic N) is 1. The zero-order chi connectivity index (χ0) is 21.2. The van der Waals surface area contributed by atoms with Gasteiger partial charge in [0.2, 0.25) is 5.91 Å². The smallest absolute Gasteiger partial charge is 0.227 e. The van der Waals surface area contributed by atoms with Crippen molar-refractivity contribution in [3.63, 3.8) is 0 Å². The highest BCUT2D eigenvalue weighted by molar-refractivity contribution is 6.01. The first-order valence-corrected chi connectivity index (χ1v) is 9.45. The average Bonchev–Trinajstić information content (AvgIpc) is 3.08. The normalized spacial score (nSPS) is 12.1. The number of rotatable bonds is 7. The molecule has 0 heterocycles. The van der Waals surface area contributed by atoms with Gasteiger partial charge in [-0.15, -0.1) is 0 Å². The molecular formula is C22H27NO6. The molecule has 0 aliphatic heterocycles. The summed E-state index contributed by atoms with van der Waals surface area (Å²) in [5.41, 5.74) is 2.27. The van der Waals surface area contributed by atoms with E-state index in [1.165, 1.54) is 0 Å². The zero-order valence-electron chi connectivity index (χ0n) is 16.5. The van der Waals surface area contributed by atoms with Crippen LogP contribution < -0.4 is 0 Å². The summed E-state index contributed by atoms with van der Waals surface area (Å²) >= 11 is 0. The van der Waals surface area contributed by atoms with Crippen LogP contribution >= 0.6 is 0 Å². The number of carbonyl (C=O) groups excluding carboxylic acids is 2. The van der Waals surface area contributed by atoms with Crippen LogP contribution in [0.4, 0.5) is 0 Å². The molecule has 156 valence electrons. The molecule has 3 rings (SSSR count). The molecule has 0 bridgehead atoms. The number of aliphatic hydroxyl groups excluding tert-OH is 1. The number of amides is 1. The largest absolute Gasteiger partial charge is 0.508 e. The van der Waals surface area contributed by atoms with E-state index in [4.69, 9.17) is 9.84 Å². The minimum atomic E-state index is -0.0910. The summed E-state index contributed by atoms with van der Waals surface area (Å²) in [7, 11) is 1.57. The van der Waals surface area contributed by atoms with Gasteiger partial charge in [-0.25, -0.2) is 0 Å². The second-order valence-electron chi connectivity index (χ2n) is 6.67. The van der Waals surface area contributed by atoms with Gasteiger partial charge in [0.05, 0.1) is 19.6 Å². The first-order valence-electron chi connectivity index (χ1n) is 9.45. The van der Waals surface area contributed by atoms with Gasteiger partial charge in [0, 0.05) is 37.7 Å². The standard InChI is InChI=1S/C13H19NO4.C9H8O2/c1-18-8-6-14(5-7-15)13(17)10-11-3-2-4-12(16)9-11;10-8-3-1-2-6-7(8)4-5-9(6)11/h2-4,9,15-16H,5-8,10H2,1H3;1-3,10H,4-5H2. The van der Waals surface area contributed by atoms with Gasteiger partial charge in [0.1, 0.15) is 11.5 Å². The molecule has 0 atom stereocenters. The fourth-order valence-corrected chi connectivity index (χ4v) is 3.11. The van der Waals surface area contributed by atoms with Gasteiger partial charge in [0.15, 0.2) is 5.78 Å². The topological polar surface area (TPSA) is 107 Å². The lowest BCUT2D eigenvalue weighted by atomic mass is 10.1. The molecule has 2 aromatic rings. The molecule has 0 aromatic heterocycles. The van der Waals surface area contributed by atoms with Crippen molar-refractivity contribution < 1.29 is 29.6 Å². The van der Waals surface area contributed by atoms with Crippen molar-refractivity contribution >= 4 is 11.7 Å². The number of ketones is 1. The molecule has 0 saturated heterocycles. The molecule has 7 heteroatoms. The van der Waals surface area contributed by atoms with Crippen molar-refractivity contribution in [2.75, 3.05) is 33.4 Å². The van der Waals surface area contributed by atoms with Crippen molar-refractivity contribution in [2.24, 2.45) is 0 Å². The van der Waals surface area contributed by atoms with Gasteiger partial charge in [-0.05, 0) is 30.2 Å². The molecular weight excluding hydrogens is 374 g/mol. The number of hydrogen-bond acceptors (Lipinski definition) is 6. The van der Waals surface area contributed by atoms with E-state index in [1.54, 1.807) is 54.5 Å². The summed E-state index contributed by atoms with van der Waals surface area (Å²) in [4.78, 5) is 24.7. The van der Waals surface area contributed by atoms with Crippen LogP contribution in [0, 0.1) is 0 Å². The van der Waals surface area contributed by atoms with Gasteiger partial charge < -0.3 is 25.0 Å². The minimum Gasteiger partial charge on any atom is -0.508 e. The average molecular weight is 401 g/mol. The molecule has 1 aliphatic rings. The second-order valence-corrected chi connectivity index (χ2v) is 6.67. The quantitative estimate of drug-likeness (QED) is 0.654. The summed E-state index contributed by atoms with van der Waals surface area (Å²) in [6.07, 6.45) is 1.45. The molecule has 0 spiro atoms. The monoisotopic (exact) mass is 401 g/mol. The van der Waals surface area contributed by atoms with Gasteiger partial charge >= 0.3 is 0 Å². The van der Waals surface area contributed by atoms with Crippen molar-refractivity contribution in [1.29, 1.82) is 0 Å². The van der Waals surface area contributed by atoms with E-state index in [2.05, 4.69) is 0 Å². The highest BCUT2D eigenvalue weighted by atomic mass is 16.5. The fraction of sp³-hybridized carbons (Fsp3) is 0.364. The van der Waals surface area contributed by atoms with Crippen LogP contribution in [0.5, 0.6) is 11.5 Å². The highest BCUT2D eigenvalue weighted by Crippen LogP contribution is 2.28. The molecule has 0 fully saturated rings. The summed E-state index contributed by atoms with van der Waals surface area (Å²) in [5, 5.41) is 27.5. The molecule has 7 nitrogen and oxygen atoms in total. The van der Waals surface area contributed by atoms with Crippen molar-refractivity contribution in [2.45, 2.75) is 19.3 Å². The third-order valence-corrected chi connectivity index (χ3v) is 4.61. The van der Waals surface area contributed by atoms with E-state index in [1.807, 2.05) is 0 Å². The Balaban J connectivity index is 0.000000230. The third-order valence-electron chi connectivity index (χ3n) is 4.61. The first kappa shape index (κ1) is 22.4. The third kappa shape index (κ3) is 6.58. The summed E-state index contributed by atoms with van der Waals surface area (Å²) < 4.78 is 4.92. The fourth-order valence-electron chi connectivity index (χ4n) is 3.11. The Labute approximate surface area is 170 Å². The number of methoxy groups -OCH3 is 1. The van der Waals surface area contributed by atoms with Crippen LogP contribution in [0.1, 0.15) is 27.9 Å². The minimum absolute atomic E-state index is 0.0739. The summed E-state index contributed by atoms with van der Waals surface area (Å²) in [6.45, 7) is 1.11. The lowest BCUT2D eigenvalue weighted by Gasteiger charge is -2.21. The van der Waals surface area contributed by atoms with Gasteiger partial charge in [-0.2, -0.15) is 0 Å². The van der Waals surface area contributed by atoms with E-state index < -0.39 is 0 Å². The van der Waals surface area contributed by atoms with E-state index in [9.17, 15) is 19.8 Å². The van der Waals surface area contributed by atoms with E-state index in [-0.39, 0.29) is 36.2 Å². The number of phenolic OH excluding ortho intramolecular Hbond substituents is 2. The van der Waals surface area contributed by atoms with Crippen molar-refractivity contribution in [3.05, 3.63) is 59.2 Å². The predicted molar refractivity (Wildman–Crippen MR) is 108 cm³/mol. The number of phenols is 2. The molecule has 29 heavy (non-hydrogen) atoms. The lowest BCUT2D eigenvalue weighted by molar-refractivity contribution is -0.131. The maximum Gasteiger partial charge on any atom is 0.227 e. The van der Waals surface area contributed by atoms with Crippen molar-refractivity contribution in [3.8, 4) is 11.5 Å². The van der Waals surface area contributed by atoms with Crippen LogP contribution in [0.15, 0.2) is 42.5 Å². The van der Waals surface area contributed by atoms with Crippen LogP contribution in [0.2, 0.25) is 0 Å². The van der Waals surface area contributed by atoms with Crippen molar-refractivity contribution in [1.82, 2.24) is 4.90 Å². The van der Waals surface area contributed by atoms with Gasteiger partial charge in [-0.3, -0.25) is 9.59 Å². The number of Topliss-reactive ketones (excluding diaryl/α,β-unsaturated/α-hetero) is 1. The Morgan fingerprint density at radius 3 is 2.52 bits per heavy atom. The Morgan fingerprint density at radius 1 is 1.10 bits per heavy atom. The second kappa shape index (κ2) is 11.2. The van der Waals surface area contributed by atoms with Crippen LogP contribution in [0.25, 0.3) is 0 Å². The molecule has 1 aliphatic carbocycles. The Morgan fingerprint density at radius 2 is 1.86 bits per heavy atom. The molecule has 0 saturated carbocycles. The number of benzene rings is 2. The maximum atomic E-state index is 12.0. The van der Waals surface area contributed by atoms with E-state index >= 15 is 0 Å². The van der Waals surface area contributed by atoms with Crippen LogP contribution in [0.3, 0.4) is 0 Å². The number of aromatic hydroxyl groups is 2. The lowest BCUT2D eigenvalue weighted by Crippen LogP contribution is -2.37. The Hall–Kier alpha value is -2.90. The Kier molecular flexibility index (Phi) is 8.64. The SMILES string of the molecule is COCCN(CCO)C(=O)Cc1cccc(O)c1.O=C1CCc2c(O)cccc21. The summed E-state index contributed by atoms with van der Waals surface area (Å²) in [6, 6.07) is 11.7. The molecule has 2 aromatic carbocycles. The highest BCUT2D eigenvalue weighted by Gasteiger charge is 2.21. The van der Waals surface area contributed by atoms with E-state index in [0.29, 0.717) is 38.1 Å². The number of carbonyl (C=O) groups is 2. The molecule has 0 unspecified atom stereocenters. The predicted octanol–water partition coefficient (Wildman–Crippen LogP) is 1.92. The van der Waals surface area contributed by atoms with E-state index in [0.717, 1.165) is 11.1 Å².